The number of hydrogen-bond acceptors (Lipinski definition) is 5. The zero-order valence-electron chi connectivity index (χ0n) is 17.8. The van der Waals surface area contributed by atoms with Crippen LogP contribution in [0.25, 0.3) is 11.3 Å². The van der Waals surface area contributed by atoms with Crippen LogP contribution < -0.4 is 4.74 Å². The monoisotopic (exact) mass is 408 g/mol. The van der Waals surface area contributed by atoms with Crippen LogP contribution in [0, 0.1) is 6.92 Å². The van der Waals surface area contributed by atoms with Crippen molar-refractivity contribution >= 4 is 5.91 Å². The van der Waals surface area contributed by atoms with Crippen molar-refractivity contribution in [1.29, 1.82) is 0 Å². The summed E-state index contributed by atoms with van der Waals surface area (Å²) in [6.07, 6.45) is 2.12. The molecule has 8 nitrogen and oxygen atoms in total. The standard InChI is InChI=1S/C22H28N6O2/c1-4-28-15-18(16(2)25-28)14-26-9-11-27(12-10-26)22(29)21-13-20(23-24-21)17-5-7-19(30-3)8-6-17/h5-8,13,15H,4,9-12,14H2,1-3H3,(H,23,24). The molecule has 3 aromatic rings. The number of rotatable bonds is 6. The Morgan fingerprint density at radius 2 is 1.90 bits per heavy atom. The molecule has 1 aliphatic rings. The van der Waals surface area contributed by atoms with Gasteiger partial charge >= 0.3 is 0 Å². The Morgan fingerprint density at radius 1 is 1.17 bits per heavy atom. The Balaban J connectivity index is 1.35. The van der Waals surface area contributed by atoms with Crippen molar-refractivity contribution in [2.75, 3.05) is 33.3 Å². The van der Waals surface area contributed by atoms with Crippen LogP contribution in [0.3, 0.4) is 0 Å². The number of aryl methyl sites for hydroxylation is 2. The fraction of sp³-hybridized carbons (Fsp3) is 0.409. The molecular formula is C22H28N6O2. The number of aromatic nitrogens is 4. The highest BCUT2D eigenvalue weighted by Gasteiger charge is 2.24. The molecule has 1 saturated heterocycles. The summed E-state index contributed by atoms with van der Waals surface area (Å²) in [7, 11) is 1.64. The Labute approximate surface area is 176 Å². The van der Waals surface area contributed by atoms with E-state index < -0.39 is 0 Å². The zero-order valence-corrected chi connectivity index (χ0v) is 17.8. The Hall–Kier alpha value is -3.13. The Bertz CT molecular complexity index is 999. The summed E-state index contributed by atoms with van der Waals surface area (Å²) in [4.78, 5) is 17.2. The van der Waals surface area contributed by atoms with E-state index in [9.17, 15) is 4.79 Å². The van der Waals surface area contributed by atoms with Crippen LogP contribution in [0.15, 0.2) is 36.5 Å². The molecule has 1 N–H and O–H groups in total. The average Bonchev–Trinajstić information content (AvgIpc) is 3.41. The molecule has 0 atom stereocenters. The minimum absolute atomic E-state index is 0.00288. The van der Waals surface area contributed by atoms with Gasteiger partial charge in [0.05, 0.1) is 18.5 Å². The van der Waals surface area contributed by atoms with Gasteiger partial charge in [-0.15, -0.1) is 0 Å². The van der Waals surface area contributed by atoms with Gasteiger partial charge in [0.2, 0.25) is 0 Å². The third kappa shape index (κ3) is 4.23. The summed E-state index contributed by atoms with van der Waals surface area (Å²) in [5, 5.41) is 11.7. The van der Waals surface area contributed by atoms with Gasteiger partial charge in [0.15, 0.2) is 0 Å². The highest BCUT2D eigenvalue weighted by Crippen LogP contribution is 2.22. The van der Waals surface area contributed by atoms with Crippen LogP contribution in [0.4, 0.5) is 0 Å². The van der Waals surface area contributed by atoms with E-state index in [2.05, 4.69) is 40.2 Å². The normalized spacial score (nSPS) is 14.8. The predicted molar refractivity (Wildman–Crippen MR) is 114 cm³/mol. The number of ether oxygens (including phenoxy) is 1. The lowest BCUT2D eigenvalue weighted by atomic mass is 10.1. The number of piperazine rings is 1. The van der Waals surface area contributed by atoms with E-state index in [1.807, 2.05) is 39.9 Å². The summed E-state index contributed by atoms with van der Waals surface area (Å²) in [5.74, 6) is 0.789. The molecular weight excluding hydrogens is 380 g/mol. The molecule has 158 valence electrons. The fourth-order valence-corrected chi connectivity index (χ4v) is 3.74. The van der Waals surface area contributed by atoms with Gasteiger partial charge in [0.25, 0.3) is 5.91 Å². The first-order valence-electron chi connectivity index (χ1n) is 10.3. The second-order valence-corrected chi connectivity index (χ2v) is 7.56. The number of nitrogens with one attached hydrogen (secondary N) is 1. The van der Waals surface area contributed by atoms with Crippen molar-refractivity contribution in [3.05, 3.63) is 53.5 Å². The summed E-state index contributed by atoms with van der Waals surface area (Å²) in [6, 6.07) is 9.46. The topological polar surface area (TPSA) is 79.3 Å². The number of amides is 1. The van der Waals surface area contributed by atoms with Crippen LogP contribution in [0.5, 0.6) is 5.75 Å². The molecule has 1 aliphatic heterocycles. The molecule has 2 aromatic heterocycles. The number of benzene rings is 1. The zero-order chi connectivity index (χ0) is 21.1. The third-order valence-corrected chi connectivity index (χ3v) is 5.62. The smallest absolute Gasteiger partial charge is 0.271 e. The lowest BCUT2D eigenvalue weighted by Crippen LogP contribution is -2.48. The molecule has 1 amide bonds. The van der Waals surface area contributed by atoms with E-state index in [0.29, 0.717) is 18.8 Å². The van der Waals surface area contributed by atoms with E-state index in [1.54, 1.807) is 7.11 Å². The highest BCUT2D eigenvalue weighted by molar-refractivity contribution is 5.93. The summed E-state index contributed by atoms with van der Waals surface area (Å²) in [6.45, 7) is 9.01. The van der Waals surface area contributed by atoms with Crippen molar-refractivity contribution in [3.8, 4) is 17.0 Å². The number of H-pyrrole nitrogens is 1. The van der Waals surface area contributed by atoms with E-state index in [4.69, 9.17) is 4.74 Å². The van der Waals surface area contributed by atoms with Gasteiger partial charge in [-0.2, -0.15) is 10.2 Å². The third-order valence-electron chi connectivity index (χ3n) is 5.62. The van der Waals surface area contributed by atoms with E-state index >= 15 is 0 Å². The number of aromatic amines is 1. The largest absolute Gasteiger partial charge is 0.497 e. The van der Waals surface area contributed by atoms with Crippen molar-refractivity contribution < 1.29 is 9.53 Å². The van der Waals surface area contributed by atoms with E-state index in [-0.39, 0.29) is 5.91 Å². The van der Waals surface area contributed by atoms with Gasteiger partial charge in [-0.25, -0.2) is 0 Å². The molecule has 3 heterocycles. The predicted octanol–water partition coefficient (Wildman–Crippen LogP) is 2.57. The second kappa shape index (κ2) is 8.71. The Kier molecular flexibility index (Phi) is 5.85. The lowest BCUT2D eigenvalue weighted by Gasteiger charge is -2.34. The van der Waals surface area contributed by atoms with Gasteiger partial charge in [-0.05, 0) is 44.2 Å². The summed E-state index contributed by atoms with van der Waals surface area (Å²) < 4.78 is 7.16. The fourth-order valence-electron chi connectivity index (χ4n) is 3.74. The van der Waals surface area contributed by atoms with E-state index in [0.717, 1.165) is 48.9 Å². The quantitative estimate of drug-likeness (QED) is 0.678. The molecule has 0 radical (unpaired) electrons. The number of nitrogens with zero attached hydrogens (tertiary/aromatic N) is 5. The minimum atomic E-state index is -0.00288. The van der Waals surface area contributed by atoms with Gasteiger partial charge < -0.3 is 9.64 Å². The molecule has 4 rings (SSSR count). The van der Waals surface area contributed by atoms with E-state index in [1.165, 1.54) is 5.56 Å². The molecule has 30 heavy (non-hydrogen) atoms. The van der Waals surface area contributed by atoms with Gasteiger partial charge in [0, 0.05) is 56.6 Å². The van der Waals surface area contributed by atoms with Crippen LogP contribution in [0.1, 0.15) is 28.7 Å². The molecule has 1 aromatic carbocycles. The Morgan fingerprint density at radius 3 is 2.53 bits per heavy atom. The van der Waals surface area contributed by atoms with Crippen LogP contribution >= 0.6 is 0 Å². The van der Waals surface area contributed by atoms with Crippen molar-refractivity contribution in [1.82, 2.24) is 29.8 Å². The lowest BCUT2D eigenvalue weighted by molar-refractivity contribution is 0.0622. The highest BCUT2D eigenvalue weighted by atomic mass is 16.5. The maximum Gasteiger partial charge on any atom is 0.271 e. The molecule has 8 heteroatoms. The number of methoxy groups -OCH3 is 1. The molecule has 0 bridgehead atoms. The molecule has 0 unspecified atom stereocenters. The van der Waals surface area contributed by atoms with Crippen LogP contribution in [-0.4, -0.2) is 69.0 Å². The van der Waals surface area contributed by atoms with Crippen LogP contribution in [-0.2, 0) is 13.1 Å². The number of hydrogen-bond donors (Lipinski definition) is 1. The van der Waals surface area contributed by atoms with Crippen molar-refractivity contribution in [2.45, 2.75) is 26.9 Å². The average molecular weight is 409 g/mol. The summed E-state index contributed by atoms with van der Waals surface area (Å²) >= 11 is 0. The molecule has 0 saturated carbocycles. The van der Waals surface area contributed by atoms with Gasteiger partial charge in [-0.1, -0.05) is 0 Å². The van der Waals surface area contributed by atoms with Gasteiger partial charge in [-0.3, -0.25) is 19.5 Å². The summed E-state index contributed by atoms with van der Waals surface area (Å²) in [5.41, 5.74) is 4.56. The number of carbonyl (C=O) groups is 1. The maximum absolute atomic E-state index is 12.9. The second-order valence-electron chi connectivity index (χ2n) is 7.56. The SMILES string of the molecule is CCn1cc(CN2CCN(C(=O)c3cc(-c4ccc(OC)cc4)n[nH]3)CC2)c(C)n1. The van der Waals surface area contributed by atoms with Gasteiger partial charge in [0.1, 0.15) is 11.4 Å². The first-order valence-corrected chi connectivity index (χ1v) is 10.3. The van der Waals surface area contributed by atoms with Crippen molar-refractivity contribution in [3.63, 3.8) is 0 Å². The number of carbonyl (C=O) groups excluding carboxylic acids is 1. The maximum atomic E-state index is 12.9. The molecule has 0 aliphatic carbocycles. The first kappa shape index (κ1) is 20.2. The van der Waals surface area contributed by atoms with Crippen molar-refractivity contribution in [2.24, 2.45) is 0 Å². The molecule has 1 fully saturated rings. The molecule has 0 spiro atoms. The van der Waals surface area contributed by atoms with Crippen LogP contribution in [0.2, 0.25) is 0 Å². The minimum Gasteiger partial charge on any atom is -0.497 e. The first-order chi connectivity index (χ1) is 14.6.